The second kappa shape index (κ2) is 9.69. The molecule has 5 heterocycles. The number of rotatable bonds is 6. The van der Waals surface area contributed by atoms with E-state index in [1.165, 1.54) is 6.07 Å². The molecule has 39 heavy (non-hydrogen) atoms. The Kier molecular flexibility index (Phi) is 6.31. The monoisotopic (exact) mass is 543 g/mol. The molecule has 0 unspecified atom stereocenters. The number of sulfone groups is 1. The van der Waals surface area contributed by atoms with Crippen molar-refractivity contribution in [2.45, 2.75) is 36.8 Å². The smallest absolute Gasteiger partial charge is 0.251 e. The van der Waals surface area contributed by atoms with Crippen LogP contribution in [0.3, 0.4) is 0 Å². The number of anilines is 1. The fourth-order valence-corrected chi connectivity index (χ4v) is 6.20. The first-order valence-electron chi connectivity index (χ1n) is 12.9. The van der Waals surface area contributed by atoms with Crippen LogP contribution in [0.1, 0.15) is 34.5 Å². The third-order valence-corrected chi connectivity index (χ3v) is 8.75. The topological polar surface area (TPSA) is 114 Å². The van der Waals surface area contributed by atoms with Crippen LogP contribution in [0.15, 0.2) is 65.7 Å². The summed E-state index contributed by atoms with van der Waals surface area (Å²) in [5.74, 6) is 0.551. The number of fused-ring (bicyclic) bond motifs is 1. The molecule has 2 saturated heterocycles. The summed E-state index contributed by atoms with van der Waals surface area (Å²) in [6.45, 7) is 4.53. The third-order valence-electron chi connectivity index (χ3n) is 7.51. The fourth-order valence-electron chi connectivity index (χ4n) is 5.21. The number of pyridine rings is 3. The third kappa shape index (κ3) is 5.09. The number of hydrogen-bond donors (Lipinski definition) is 1. The number of nitrogens with one attached hydrogen (secondary N) is 1. The first-order chi connectivity index (χ1) is 18.7. The van der Waals surface area contributed by atoms with Crippen molar-refractivity contribution in [3.05, 3.63) is 77.6 Å². The van der Waals surface area contributed by atoms with Gasteiger partial charge in [-0.05, 0) is 61.4 Å². The Hall–Kier alpha value is -3.89. The minimum atomic E-state index is -3.43. The standard InChI is InChI=1S/C29H29N5O4S/c1-19-6-7-20(14-26(19)39(2,36)37)28(35)31-17-22-15-25-21(16-30-22)8-9-24(32-25)23-4-3-5-27(33-23)34-12-10-29(18-34)11-13-38-29/h3-9,14-16H,10-13,17-18H2,1-2H3,(H,31,35)/t29-/m0/s1. The lowest BCUT2D eigenvalue weighted by molar-refractivity contribution is -0.130. The number of ether oxygens (including phenoxy) is 1. The lowest BCUT2D eigenvalue weighted by Crippen LogP contribution is -2.46. The van der Waals surface area contributed by atoms with Crippen LogP contribution in [0.25, 0.3) is 22.3 Å². The van der Waals surface area contributed by atoms with E-state index < -0.39 is 9.84 Å². The molecule has 2 fully saturated rings. The molecule has 1 aromatic carbocycles. The summed E-state index contributed by atoms with van der Waals surface area (Å²) in [6.07, 6.45) is 5.00. The van der Waals surface area contributed by atoms with Gasteiger partial charge in [-0.1, -0.05) is 12.1 Å². The maximum Gasteiger partial charge on any atom is 0.251 e. The van der Waals surface area contributed by atoms with Crippen molar-refractivity contribution in [3.63, 3.8) is 0 Å². The molecule has 1 amide bonds. The predicted octanol–water partition coefficient (Wildman–Crippen LogP) is 3.70. The lowest BCUT2D eigenvalue weighted by atomic mass is 9.94. The second-order valence-corrected chi connectivity index (χ2v) is 12.3. The number of amides is 1. The number of hydrogen-bond acceptors (Lipinski definition) is 8. The molecule has 1 N–H and O–H groups in total. The molecule has 2 aliphatic rings. The summed E-state index contributed by atoms with van der Waals surface area (Å²) in [7, 11) is -3.43. The zero-order valence-corrected chi connectivity index (χ0v) is 22.7. The van der Waals surface area contributed by atoms with Crippen LogP contribution in [0, 0.1) is 6.92 Å². The summed E-state index contributed by atoms with van der Waals surface area (Å²) in [4.78, 5) is 29.4. The van der Waals surface area contributed by atoms with Crippen molar-refractivity contribution in [1.82, 2.24) is 20.3 Å². The van der Waals surface area contributed by atoms with Crippen LogP contribution in [-0.2, 0) is 21.1 Å². The van der Waals surface area contributed by atoms with Crippen molar-refractivity contribution in [2.75, 3.05) is 30.9 Å². The van der Waals surface area contributed by atoms with Crippen molar-refractivity contribution in [1.29, 1.82) is 0 Å². The van der Waals surface area contributed by atoms with Crippen LogP contribution in [0.4, 0.5) is 5.82 Å². The van der Waals surface area contributed by atoms with Gasteiger partial charge in [-0.25, -0.2) is 18.4 Å². The highest BCUT2D eigenvalue weighted by molar-refractivity contribution is 7.90. The van der Waals surface area contributed by atoms with Crippen LogP contribution < -0.4 is 10.2 Å². The van der Waals surface area contributed by atoms with E-state index in [-0.39, 0.29) is 28.5 Å². The van der Waals surface area contributed by atoms with Gasteiger partial charge in [-0.2, -0.15) is 0 Å². The van der Waals surface area contributed by atoms with Gasteiger partial charge in [0.1, 0.15) is 5.82 Å². The van der Waals surface area contributed by atoms with Gasteiger partial charge in [-0.15, -0.1) is 0 Å². The number of benzene rings is 1. The van der Waals surface area contributed by atoms with E-state index in [0.29, 0.717) is 11.3 Å². The highest BCUT2D eigenvalue weighted by Crippen LogP contribution is 2.37. The van der Waals surface area contributed by atoms with Gasteiger partial charge >= 0.3 is 0 Å². The normalized spacial score (nSPS) is 18.9. The van der Waals surface area contributed by atoms with E-state index >= 15 is 0 Å². The highest BCUT2D eigenvalue weighted by Gasteiger charge is 2.44. The first-order valence-corrected chi connectivity index (χ1v) is 14.8. The molecule has 6 rings (SSSR count). The highest BCUT2D eigenvalue weighted by atomic mass is 32.2. The molecule has 1 spiro atoms. The Labute approximate surface area is 227 Å². The fraction of sp³-hybridized carbons (Fsp3) is 0.310. The Morgan fingerprint density at radius 1 is 1.08 bits per heavy atom. The average molecular weight is 544 g/mol. The van der Waals surface area contributed by atoms with E-state index in [4.69, 9.17) is 14.7 Å². The number of aromatic nitrogens is 3. The Morgan fingerprint density at radius 3 is 2.64 bits per heavy atom. The van der Waals surface area contributed by atoms with Crippen molar-refractivity contribution in [3.8, 4) is 11.4 Å². The largest absolute Gasteiger partial charge is 0.373 e. The molecular weight excluding hydrogens is 514 g/mol. The van der Waals surface area contributed by atoms with Crippen molar-refractivity contribution >= 4 is 32.5 Å². The minimum absolute atomic E-state index is 0.00710. The summed E-state index contributed by atoms with van der Waals surface area (Å²) in [5.41, 5.74) is 3.82. The van der Waals surface area contributed by atoms with E-state index in [1.54, 1.807) is 25.3 Å². The van der Waals surface area contributed by atoms with Gasteiger partial charge in [0.05, 0.1) is 46.2 Å². The first kappa shape index (κ1) is 25.4. The van der Waals surface area contributed by atoms with Gasteiger partial charge in [0.15, 0.2) is 9.84 Å². The molecule has 1 atom stereocenters. The molecular formula is C29H29N5O4S. The van der Waals surface area contributed by atoms with E-state index in [1.807, 2.05) is 36.4 Å². The van der Waals surface area contributed by atoms with E-state index in [9.17, 15) is 13.2 Å². The van der Waals surface area contributed by atoms with Crippen molar-refractivity contribution in [2.24, 2.45) is 0 Å². The summed E-state index contributed by atoms with van der Waals surface area (Å²) < 4.78 is 29.9. The van der Waals surface area contributed by atoms with Gasteiger partial charge in [-0.3, -0.25) is 9.78 Å². The minimum Gasteiger partial charge on any atom is -0.373 e. The Bertz CT molecular complexity index is 1700. The summed E-state index contributed by atoms with van der Waals surface area (Å²) in [5, 5.41) is 3.71. The molecule has 9 nitrogen and oxygen atoms in total. The molecule has 0 aliphatic carbocycles. The van der Waals surface area contributed by atoms with Crippen LogP contribution >= 0.6 is 0 Å². The van der Waals surface area contributed by atoms with Crippen LogP contribution in [0.5, 0.6) is 0 Å². The second-order valence-electron chi connectivity index (χ2n) is 10.3. The molecule has 200 valence electrons. The molecule has 0 saturated carbocycles. The maximum absolute atomic E-state index is 12.7. The molecule has 4 aromatic rings. The molecule has 10 heteroatoms. The zero-order chi connectivity index (χ0) is 27.2. The average Bonchev–Trinajstić information content (AvgIpc) is 3.38. The zero-order valence-electron chi connectivity index (χ0n) is 21.8. The Morgan fingerprint density at radius 2 is 1.90 bits per heavy atom. The Balaban J connectivity index is 1.19. The number of carbonyl (C=O) groups excluding carboxylic acids is 1. The molecule has 0 bridgehead atoms. The SMILES string of the molecule is Cc1ccc(C(=O)NCc2cc3nc(-c4cccc(N5CC[C@]6(CCO6)C5)n4)ccc3cn2)cc1S(C)(=O)=O. The summed E-state index contributed by atoms with van der Waals surface area (Å²) >= 11 is 0. The van der Waals surface area contributed by atoms with E-state index in [0.717, 1.165) is 66.9 Å². The van der Waals surface area contributed by atoms with Gasteiger partial charge in [0.25, 0.3) is 5.91 Å². The number of aryl methyl sites for hydroxylation is 1. The van der Waals surface area contributed by atoms with Crippen molar-refractivity contribution < 1.29 is 17.9 Å². The number of nitrogens with zero attached hydrogens (tertiary/aromatic N) is 4. The lowest BCUT2D eigenvalue weighted by Gasteiger charge is -2.38. The summed E-state index contributed by atoms with van der Waals surface area (Å²) in [6, 6.07) is 16.4. The predicted molar refractivity (Wildman–Crippen MR) is 148 cm³/mol. The molecule has 3 aromatic heterocycles. The van der Waals surface area contributed by atoms with Crippen LogP contribution in [-0.4, -0.2) is 60.8 Å². The molecule has 2 aliphatic heterocycles. The van der Waals surface area contributed by atoms with Crippen LogP contribution in [0.2, 0.25) is 0 Å². The molecule has 0 radical (unpaired) electrons. The van der Waals surface area contributed by atoms with Gasteiger partial charge in [0.2, 0.25) is 0 Å². The maximum atomic E-state index is 12.7. The quantitative estimate of drug-likeness (QED) is 0.392. The van der Waals surface area contributed by atoms with Gasteiger partial charge in [0, 0.05) is 42.9 Å². The van der Waals surface area contributed by atoms with Gasteiger partial charge < -0.3 is 15.0 Å². The van der Waals surface area contributed by atoms with E-state index in [2.05, 4.69) is 15.2 Å². The number of carbonyl (C=O) groups is 1.